The number of carboxylic acids is 1. The number of carbonyl (C=O) groups is 3. The molecule has 0 radical (unpaired) electrons. The van der Waals surface area contributed by atoms with E-state index < -0.39 is 11.2 Å². The van der Waals surface area contributed by atoms with Gasteiger partial charge in [-0.15, -0.1) is 11.3 Å². The SMILES string of the molecule is Cc1ccc(N2NC(=O)/C(=C\C3SC(=S)N(CCC(=O)O)C3=O)C2c2cccs2)cc1. The van der Waals surface area contributed by atoms with Gasteiger partial charge in [-0.2, -0.15) is 0 Å². The molecule has 0 bridgehead atoms. The second kappa shape index (κ2) is 8.81. The Morgan fingerprint density at radius 3 is 2.65 bits per heavy atom. The first-order valence-corrected chi connectivity index (χ1v) is 11.7. The Labute approximate surface area is 192 Å². The number of nitrogens with one attached hydrogen (secondary N) is 1. The van der Waals surface area contributed by atoms with E-state index in [0.29, 0.717) is 9.89 Å². The Hall–Kier alpha value is -2.69. The minimum Gasteiger partial charge on any atom is -0.481 e. The number of hydrogen-bond acceptors (Lipinski definition) is 7. The van der Waals surface area contributed by atoms with Crippen LogP contribution in [0.25, 0.3) is 0 Å². The van der Waals surface area contributed by atoms with Crippen molar-refractivity contribution in [3.63, 3.8) is 0 Å². The fourth-order valence-corrected chi connectivity index (χ4v) is 5.75. The molecule has 1 aromatic carbocycles. The van der Waals surface area contributed by atoms with Crippen molar-refractivity contribution in [3.05, 3.63) is 63.9 Å². The third-order valence-corrected chi connectivity index (χ3v) is 7.45. The van der Waals surface area contributed by atoms with E-state index in [0.717, 1.165) is 27.9 Å². The predicted molar refractivity (Wildman–Crippen MR) is 125 cm³/mol. The molecule has 2 atom stereocenters. The van der Waals surface area contributed by atoms with Gasteiger partial charge >= 0.3 is 5.97 Å². The van der Waals surface area contributed by atoms with Gasteiger partial charge in [0.2, 0.25) is 5.91 Å². The summed E-state index contributed by atoms with van der Waals surface area (Å²) in [6.45, 7) is 2.02. The van der Waals surface area contributed by atoms with Crippen LogP contribution < -0.4 is 10.4 Å². The molecule has 160 valence electrons. The van der Waals surface area contributed by atoms with Crippen LogP contribution in [0.3, 0.4) is 0 Å². The molecule has 2 aliphatic heterocycles. The number of carbonyl (C=O) groups excluding carboxylic acids is 2. The van der Waals surface area contributed by atoms with E-state index in [1.54, 1.807) is 6.08 Å². The van der Waals surface area contributed by atoms with Crippen molar-refractivity contribution in [1.82, 2.24) is 10.3 Å². The van der Waals surface area contributed by atoms with Crippen LogP contribution in [0.4, 0.5) is 5.69 Å². The van der Waals surface area contributed by atoms with Gasteiger partial charge in [-0.25, -0.2) is 0 Å². The Kier molecular flexibility index (Phi) is 6.12. The average molecular weight is 474 g/mol. The number of hydrogen-bond donors (Lipinski definition) is 2. The second-order valence-corrected chi connectivity index (χ2v) is 9.88. The monoisotopic (exact) mass is 473 g/mol. The van der Waals surface area contributed by atoms with Crippen LogP contribution in [0, 0.1) is 6.92 Å². The molecule has 31 heavy (non-hydrogen) atoms. The third kappa shape index (κ3) is 4.36. The zero-order chi connectivity index (χ0) is 22.1. The van der Waals surface area contributed by atoms with Gasteiger partial charge in [0.05, 0.1) is 12.1 Å². The number of amides is 2. The standard InChI is InChI=1S/C21H19N3O4S3/c1-12-4-6-13(7-5-12)24-18(15-3-2-10-30-15)14(19(27)22-24)11-16-20(28)23(21(29)31-16)9-8-17(25)26/h2-7,10-11,16,18H,8-9H2,1H3,(H,22,27)(H,25,26)/b14-11-. The number of nitrogens with zero attached hydrogens (tertiary/aromatic N) is 2. The zero-order valence-corrected chi connectivity index (χ0v) is 18.9. The summed E-state index contributed by atoms with van der Waals surface area (Å²) in [7, 11) is 0. The number of aryl methyl sites for hydroxylation is 1. The van der Waals surface area contributed by atoms with Gasteiger partial charge in [0, 0.05) is 17.0 Å². The Balaban J connectivity index is 1.66. The minimum atomic E-state index is -0.996. The summed E-state index contributed by atoms with van der Waals surface area (Å²) >= 11 is 7.97. The largest absolute Gasteiger partial charge is 0.481 e. The molecule has 2 aliphatic rings. The van der Waals surface area contributed by atoms with Gasteiger partial charge in [-0.1, -0.05) is 53.8 Å². The second-order valence-electron chi connectivity index (χ2n) is 7.12. The molecule has 0 aliphatic carbocycles. The first kappa shape index (κ1) is 21.5. The maximum absolute atomic E-state index is 12.9. The van der Waals surface area contributed by atoms with Crippen LogP contribution in [-0.2, 0) is 14.4 Å². The smallest absolute Gasteiger partial charge is 0.305 e. The summed E-state index contributed by atoms with van der Waals surface area (Å²) in [5, 5.41) is 12.0. The number of thiocarbonyl (C=S) groups is 1. The molecule has 2 fully saturated rings. The highest BCUT2D eigenvalue weighted by molar-refractivity contribution is 8.24. The van der Waals surface area contributed by atoms with Crippen molar-refractivity contribution < 1.29 is 19.5 Å². The maximum atomic E-state index is 12.9. The lowest BCUT2D eigenvalue weighted by Crippen LogP contribution is -2.34. The van der Waals surface area contributed by atoms with Crippen molar-refractivity contribution >= 4 is 63.1 Å². The van der Waals surface area contributed by atoms with Gasteiger partial charge < -0.3 is 5.11 Å². The lowest BCUT2D eigenvalue weighted by Gasteiger charge is -2.25. The quantitative estimate of drug-likeness (QED) is 0.492. The summed E-state index contributed by atoms with van der Waals surface area (Å²) in [5.41, 5.74) is 5.34. The number of thioether (sulfide) groups is 1. The van der Waals surface area contributed by atoms with Crippen molar-refractivity contribution in [3.8, 4) is 0 Å². The molecule has 7 nitrogen and oxygen atoms in total. The molecule has 2 unspecified atom stereocenters. The first-order chi connectivity index (χ1) is 14.8. The molecule has 2 aromatic rings. The van der Waals surface area contributed by atoms with E-state index in [9.17, 15) is 14.4 Å². The third-order valence-electron chi connectivity index (χ3n) is 5.00. The molecular weight excluding hydrogens is 454 g/mol. The number of anilines is 1. The van der Waals surface area contributed by atoms with Gasteiger partial charge in [-0.3, -0.25) is 29.7 Å². The highest BCUT2D eigenvalue weighted by Gasteiger charge is 2.42. The molecule has 3 heterocycles. The van der Waals surface area contributed by atoms with Crippen LogP contribution in [0.15, 0.2) is 53.4 Å². The molecular formula is C21H19N3O4S3. The Morgan fingerprint density at radius 1 is 1.26 bits per heavy atom. The van der Waals surface area contributed by atoms with Gasteiger partial charge in [0.15, 0.2) is 0 Å². The molecule has 2 saturated heterocycles. The molecule has 2 amide bonds. The number of thiophene rings is 1. The number of carboxylic acid groups (broad SMARTS) is 1. The van der Waals surface area contributed by atoms with Gasteiger partial charge in [-0.05, 0) is 30.5 Å². The van der Waals surface area contributed by atoms with E-state index in [-0.39, 0.29) is 30.8 Å². The lowest BCUT2D eigenvalue weighted by molar-refractivity contribution is -0.137. The summed E-state index contributed by atoms with van der Waals surface area (Å²) in [6.07, 6.45) is 1.48. The van der Waals surface area contributed by atoms with Crippen LogP contribution >= 0.6 is 35.3 Å². The van der Waals surface area contributed by atoms with Crippen molar-refractivity contribution in [2.45, 2.75) is 24.6 Å². The predicted octanol–water partition coefficient (Wildman–Crippen LogP) is 3.28. The Morgan fingerprint density at radius 2 is 2.00 bits per heavy atom. The number of hydrazine groups is 1. The van der Waals surface area contributed by atoms with Crippen molar-refractivity contribution in [2.75, 3.05) is 11.6 Å². The summed E-state index contributed by atoms with van der Waals surface area (Å²) in [4.78, 5) is 38.9. The van der Waals surface area contributed by atoms with Crippen LogP contribution in [0.1, 0.15) is 22.9 Å². The van der Waals surface area contributed by atoms with E-state index >= 15 is 0 Å². The highest BCUT2D eigenvalue weighted by atomic mass is 32.2. The maximum Gasteiger partial charge on any atom is 0.305 e. The summed E-state index contributed by atoms with van der Waals surface area (Å²) in [5.74, 6) is -1.57. The first-order valence-electron chi connectivity index (χ1n) is 9.51. The fraction of sp³-hybridized carbons (Fsp3) is 0.238. The fourth-order valence-electron chi connectivity index (χ4n) is 3.46. The topological polar surface area (TPSA) is 90.0 Å². The highest BCUT2D eigenvalue weighted by Crippen LogP contribution is 2.40. The zero-order valence-electron chi connectivity index (χ0n) is 16.5. The summed E-state index contributed by atoms with van der Waals surface area (Å²) < 4.78 is 0.328. The average Bonchev–Trinajstić information content (AvgIpc) is 3.42. The van der Waals surface area contributed by atoms with Gasteiger partial charge in [0.25, 0.3) is 5.91 Å². The molecule has 0 spiro atoms. The molecule has 10 heteroatoms. The molecule has 0 saturated carbocycles. The Bertz CT molecular complexity index is 1070. The van der Waals surface area contributed by atoms with Crippen molar-refractivity contribution in [1.29, 1.82) is 0 Å². The van der Waals surface area contributed by atoms with Gasteiger partial charge in [0.1, 0.15) is 15.6 Å². The van der Waals surface area contributed by atoms with E-state index in [1.165, 1.54) is 16.2 Å². The van der Waals surface area contributed by atoms with Crippen molar-refractivity contribution in [2.24, 2.45) is 0 Å². The molecule has 1 aromatic heterocycles. The van der Waals surface area contributed by atoms with Crippen LogP contribution in [-0.4, -0.2) is 43.9 Å². The number of aliphatic carboxylic acids is 1. The van der Waals surface area contributed by atoms with E-state index in [2.05, 4.69) is 5.43 Å². The van der Waals surface area contributed by atoms with Crippen LogP contribution in [0.5, 0.6) is 0 Å². The molecule has 2 N–H and O–H groups in total. The van der Waals surface area contributed by atoms with E-state index in [4.69, 9.17) is 17.3 Å². The minimum absolute atomic E-state index is 0.0235. The summed E-state index contributed by atoms with van der Waals surface area (Å²) in [6, 6.07) is 11.3. The van der Waals surface area contributed by atoms with Crippen LogP contribution in [0.2, 0.25) is 0 Å². The number of rotatable bonds is 6. The normalized spacial score (nSPS) is 22.5. The lowest BCUT2D eigenvalue weighted by atomic mass is 10.0. The number of benzene rings is 1. The van der Waals surface area contributed by atoms with E-state index in [1.807, 2.05) is 53.7 Å². The molecule has 4 rings (SSSR count).